The fourth-order valence-corrected chi connectivity index (χ4v) is 9.01. The first-order valence-electron chi connectivity index (χ1n) is 20.7. The summed E-state index contributed by atoms with van der Waals surface area (Å²) in [5.74, 6) is 0.596. The van der Waals surface area contributed by atoms with Crippen molar-refractivity contribution in [3.05, 3.63) is 224 Å². The molecule has 12 rings (SSSR count). The van der Waals surface area contributed by atoms with E-state index >= 15 is 0 Å². The summed E-state index contributed by atoms with van der Waals surface area (Å²) in [5.41, 5.74) is 13.7. The lowest BCUT2D eigenvalue weighted by molar-refractivity contribution is 0.620. The number of hydrogen-bond donors (Lipinski definition) is 0. The maximum absolute atomic E-state index is 6.44. The van der Waals surface area contributed by atoms with Gasteiger partial charge in [0.05, 0.1) is 11.0 Å². The van der Waals surface area contributed by atoms with Gasteiger partial charge in [0.25, 0.3) is 0 Å². The number of fused-ring (bicyclic) bond motifs is 7. The molecular weight excluding hydrogens is 743 g/mol. The van der Waals surface area contributed by atoms with Crippen LogP contribution in [0.4, 0.5) is 17.1 Å². The van der Waals surface area contributed by atoms with Crippen molar-refractivity contribution in [2.24, 2.45) is 0 Å². The zero-order valence-corrected chi connectivity index (χ0v) is 33.1. The third-order valence-corrected chi connectivity index (χ3v) is 12.0. The highest BCUT2D eigenvalue weighted by atomic mass is 16.3. The average Bonchev–Trinajstić information content (AvgIpc) is 3.92. The van der Waals surface area contributed by atoms with Crippen LogP contribution in [0, 0.1) is 0 Å². The second-order valence-corrected chi connectivity index (χ2v) is 15.6. The third kappa shape index (κ3) is 6.04. The number of aromatic nitrogens is 2. The quantitative estimate of drug-likeness (QED) is 0.162. The van der Waals surface area contributed by atoms with Gasteiger partial charge in [-0.15, -0.1) is 0 Å². The normalized spacial score (nSPS) is 11.6. The van der Waals surface area contributed by atoms with Crippen LogP contribution >= 0.6 is 0 Å². The second-order valence-electron chi connectivity index (χ2n) is 15.6. The van der Waals surface area contributed by atoms with Crippen LogP contribution in [0.2, 0.25) is 0 Å². The number of hydrogen-bond acceptors (Lipinski definition) is 3. The SMILES string of the molecule is c1ccc(-c2cccc(-c3nc4cc(N(c5ccc(-c6ccc7ccccc7c6)cc5)c5ccc6c(c5)c5ccc7ccccc7c5n6-c5ccccc5)ccc4o3)c2)cc1. The van der Waals surface area contributed by atoms with Gasteiger partial charge in [-0.1, -0.05) is 146 Å². The lowest BCUT2D eigenvalue weighted by Gasteiger charge is -2.26. The van der Waals surface area contributed by atoms with Crippen LogP contribution in [0.1, 0.15) is 0 Å². The van der Waals surface area contributed by atoms with Crippen molar-refractivity contribution in [3.63, 3.8) is 0 Å². The summed E-state index contributed by atoms with van der Waals surface area (Å²) in [5, 5.41) is 7.30. The van der Waals surface area contributed by atoms with Crippen LogP contribution in [0.3, 0.4) is 0 Å². The Kier molecular flexibility index (Phi) is 8.13. The van der Waals surface area contributed by atoms with Crippen molar-refractivity contribution < 1.29 is 4.42 Å². The average molecular weight is 780 g/mol. The largest absolute Gasteiger partial charge is 0.436 e. The molecule has 0 aliphatic carbocycles. The number of rotatable bonds is 7. The van der Waals surface area contributed by atoms with Gasteiger partial charge in [0.1, 0.15) is 5.52 Å². The second kappa shape index (κ2) is 14.3. The van der Waals surface area contributed by atoms with Crippen LogP contribution in [-0.2, 0) is 0 Å². The van der Waals surface area contributed by atoms with Crippen LogP contribution < -0.4 is 4.90 Å². The number of oxazole rings is 1. The monoisotopic (exact) mass is 779 g/mol. The first-order valence-corrected chi connectivity index (χ1v) is 20.7. The van der Waals surface area contributed by atoms with E-state index in [9.17, 15) is 0 Å². The van der Waals surface area contributed by atoms with Crippen molar-refractivity contribution in [1.82, 2.24) is 9.55 Å². The zero-order valence-electron chi connectivity index (χ0n) is 33.1. The predicted octanol–water partition coefficient (Wildman–Crippen LogP) is 15.7. The van der Waals surface area contributed by atoms with E-state index in [1.54, 1.807) is 0 Å². The molecule has 0 aliphatic rings. The number of nitrogens with zero attached hydrogens (tertiary/aromatic N) is 3. The Hall–Kier alpha value is -8.21. The molecule has 0 saturated heterocycles. The fraction of sp³-hybridized carbons (Fsp3) is 0. The molecule has 0 N–H and O–H groups in total. The minimum Gasteiger partial charge on any atom is -0.436 e. The minimum atomic E-state index is 0.596. The van der Waals surface area contributed by atoms with Gasteiger partial charge in [-0.2, -0.15) is 0 Å². The van der Waals surface area contributed by atoms with E-state index in [4.69, 9.17) is 9.40 Å². The van der Waals surface area contributed by atoms with Crippen LogP contribution in [-0.4, -0.2) is 9.55 Å². The summed E-state index contributed by atoms with van der Waals surface area (Å²) in [7, 11) is 0. The van der Waals surface area contributed by atoms with Gasteiger partial charge >= 0.3 is 0 Å². The van der Waals surface area contributed by atoms with Crippen LogP contribution in [0.5, 0.6) is 0 Å². The first-order chi connectivity index (χ1) is 30.2. The van der Waals surface area contributed by atoms with E-state index < -0.39 is 0 Å². The summed E-state index contributed by atoms with van der Waals surface area (Å²) in [6.45, 7) is 0. The summed E-state index contributed by atoms with van der Waals surface area (Å²) in [6.07, 6.45) is 0. The molecule has 4 nitrogen and oxygen atoms in total. The highest BCUT2D eigenvalue weighted by molar-refractivity contribution is 6.19. The molecule has 0 aliphatic heterocycles. The van der Waals surface area contributed by atoms with E-state index in [2.05, 4.69) is 222 Å². The number of benzene rings is 10. The van der Waals surface area contributed by atoms with Gasteiger partial charge in [0.15, 0.2) is 5.58 Å². The lowest BCUT2D eigenvalue weighted by atomic mass is 10.0. The summed E-state index contributed by atoms with van der Waals surface area (Å²) in [6, 6.07) is 80.0. The fourth-order valence-electron chi connectivity index (χ4n) is 9.01. The third-order valence-electron chi connectivity index (χ3n) is 12.0. The number of para-hydroxylation sites is 1. The molecule has 0 bridgehead atoms. The van der Waals surface area contributed by atoms with Crippen molar-refractivity contribution in [1.29, 1.82) is 0 Å². The molecular formula is C57H37N3O. The minimum absolute atomic E-state index is 0.596. The molecule has 61 heavy (non-hydrogen) atoms. The molecule has 286 valence electrons. The van der Waals surface area contributed by atoms with E-state index in [1.165, 1.54) is 43.4 Å². The van der Waals surface area contributed by atoms with Gasteiger partial charge in [-0.3, -0.25) is 0 Å². The molecule has 2 heterocycles. The Morgan fingerprint density at radius 3 is 1.85 bits per heavy atom. The van der Waals surface area contributed by atoms with Crippen LogP contribution in [0.15, 0.2) is 229 Å². The Balaban J connectivity index is 1.02. The Morgan fingerprint density at radius 1 is 0.377 bits per heavy atom. The molecule has 0 atom stereocenters. The Bertz CT molecular complexity index is 3590. The van der Waals surface area contributed by atoms with Gasteiger partial charge in [0.2, 0.25) is 5.89 Å². The van der Waals surface area contributed by atoms with E-state index in [-0.39, 0.29) is 0 Å². The van der Waals surface area contributed by atoms with Crippen molar-refractivity contribution in [2.45, 2.75) is 0 Å². The molecule has 10 aromatic carbocycles. The van der Waals surface area contributed by atoms with E-state index in [0.717, 1.165) is 61.6 Å². The molecule has 0 radical (unpaired) electrons. The van der Waals surface area contributed by atoms with Crippen LogP contribution in [0.25, 0.3) is 93.8 Å². The highest BCUT2D eigenvalue weighted by Crippen LogP contribution is 2.43. The molecule has 0 spiro atoms. The van der Waals surface area contributed by atoms with Crippen molar-refractivity contribution in [2.75, 3.05) is 4.90 Å². The standard InChI is InChI=1S/C57H37N3O/c1-3-12-38(13-4-1)43-17-11-18-45(35-43)57-58-53-37-49(30-33-55(53)61-57)59(47-27-24-40(25-28-47)44-23-22-39-14-7-8-16-42(39)34-44)48-29-32-54-52(36-48)51-31-26-41-15-9-10-21-50(41)56(51)60(54)46-19-5-2-6-20-46/h1-37H. The van der Waals surface area contributed by atoms with Gasteiger partial charge in [-0.05, 0) is 117 Å². The molecule has 12 aromatic rings. The van der Waals surface area contributed by atoms with Crippen molar-refractivity contribution in [3.8, 4) is 39.4 Å². The smallest absolute Gasteiger partial charge is 0.227 e. The topological polar surface area (TPSA) is 34.2 Å². The first kappa shape index (κ1) is 34.8. The maximum Gasteiger partial charge on any atom is 0.227 e. The summed E-state index contributed by atoms with van der Waals surface area (Å²) >= 11 is 0. The summed E-state index contributed by atoms with van der Waals surface area (Å²) < 4.78 is 8.85. The highest BCUT2D eigenvalue weighted by Gasteiger charge is 2.20. The zero-order chi connectivity index (χ0) is 40.3. The molecule has 4 heteroatoms. The van der Waals surface area contributed by atoms with Gasteiger partial charge in [0, 0.05) is 44.5 Å². The van der Waals surface area contributed by atoms with Gasteiger partial charge < -0.3 is 13.9 Å². The number of anilines is 3. The van der Waals surface area contributed by atoms with E-state index in [0.29, 0.717) is 5.89 Å². The Labute approximate surface area is 352 Å². The molecule has 0 unspecified atom stereocenters. The molecule has 0 saturated carbocycles. The van der Waals surface area contributed by atoms with Crippen molar-refractivity contribution >= 4 is 71.5 Å². The Morgan fingerprint density at radius 2 is 1.00 bits per heavy atom. The molecule has 0 amide bonds. The van der Waals surface area contributed by atoms with E-state index in [1.807, 2.05) is 12.1 Å². The molecule has 0 fully saturated rings. The molecule has 2 aromatic heterocycles. The predicted molar refractivity (Wildman–Crippen MR) is 254 cm³/mol. The maximum atomic E-state index is 6.44. The lowest BCUT2D eigenvalue weighted by Crippen LogP contribution is -2.10. The van der Waals surface area contributed by atoms with Gasteiger partial charge in [-0.25, -0.2) is 4.98 Å². The summed E-state index contributed by atoms with van der Waals surface area (Å²) in [4.78, 5) is 7.42.